The summed E-state index contributed by atoms with van der Waals surface area (Å²) >= 11 is 1.55. The molecule has 0 N–H and O–H groups in total. The van der Waals surface area contributed by atoms with Gasteiger partial charge in [-0.15, -0.1) is 0 Å². The van der Waals surface area contributed by atoms with Gasteiger partial charge in [0.05, 0.1) is 30.3 Å². The van der Waals surface area contributed by atoms with Crippen LogP contribution < -0.4 is 9.64 Å². The summed E-state index contributed by atoms with van der Waals surface area (Å²) in [5.74, 6) is 0.821. The van der Waals surface area contributed by atoms with Crippen molar-refractivity contribution in [2.75, 3.05) is 12.0 Å². The molecule has 0 bridgehead atoms. The number of aryl methyl sites for hydroxylation is 3. The summed E-state index contributed by atoms with van der Waals surface area (Å²) in [6, 6.07) is 14.0. The molecule has 0 spiro atoms. The molecule has 0 saturated heterocycles. The van der Waals surface area contributed by atoms with E-state index in [1.807, 2.05) is 37.3 Å². The first-order valence-electron chi connectivity index (χ1n) is 10.1. The fraction of sp³-hybridized carbons (Fsp3) is 0.240. The van der Waals surface area contributed by atoms with Crippen LogP contribution in [0.25, 0.3) is 10.2 Å². The quantitative estimate of drug-likeness (QED) is 0.410. The van der Waals surface area contributed by atoms with Crippen molar-refractivity contribution in [3.8, 4) is 5.75 Å². The third-order valence-corrected chi connectivity index (χ3v) is 6.44. The smallest absolute Gasteiger partial charge is 0.233 e. The number of rotatable bonds is 6. The number of hydrogen-bond donors (Lipinski definition) is 0. The summed E-state index contributed by atoms with van der Waals surface area (Å²) in [6.07, 6.45) is 3.82. The van der Waals surface area contributed by atoms with Crippen LogP contribution in [-0.2, 0) is 17.8 Å². The Morgan fingerprint density at radius 3 is 2.55 bits per heavy atom. The van der Waals surface area contributed by atoms with Crippen LogP contribution in [0.15, 0.2) is 54.9 Å². The van der Waals surface area contributed by atoms with Crippen LogP contribution in [0, 0.1) is 20.8 Å². The molecule has 0 unspecified atom stereocenters. The lowest BCUT2D eigenvalue weighted by atomic mass is 10.1. The molecule has 5 nitrogen and oxygen atoms in total. The second kappa shape index (κ2) is 8.86. The Balaban J connectivity index is 1.68. The highest BCUT2D eigenvalue weighted by Crippen LogP contribution is 2.32. The Labute approximate surface area is 186 Å². The van der Waals surface area contributed by atoms with Crippen LogP contribution >= 0.6 is 11.3 Å². The molecule has 0 saturated carbocycles. The number of methoxy groups -OCH3 is 1. The highest BCUT2D eigenvalue weighted by atomic mass is 32.1. The standard InChI is InChI=1S/C25H25N3O2S/c1-16-11-21-23(12-17(16)2)31-25(27-21)28(15-20-6-5-9-26-14-20)24(29)13-19-7-8-22(30-4)18(3)10-19/h5-12,14H,13,15H2,1-4H3. The summed E-state index contributed by atoms with van der Waals surface area (Å²) in [6.45, 7) is 6.59. The zero-order chi connectivity index (χ0) is 22.0. The van der Waals surface area contributed by atoms with Crippen molar-refractivity contribution in [2.24, 2.45) is 0 Å². The largest absolute Gasteiger partial charge is 0.496 e. The van der Waals surface area contributed by atoms with Gasteiger partial charge in [0.2, 0.25) is 5.91 Å². The number of carbonyl (C=O) groups is 1. The Morgan fingerprint density at radius 2 is 1.84 bits per heavy atom. The highest BCUT2D eigenvalue weighted by Gasteiger charge is 2.21. The zero-order valence-corrected chi connectivity index (χ0v) is 19.0. The number of pyridine rings is 1. The number of ether oxygens (including phenoxy) is 1. The maximum Gasteiger partial charge on any atom is 0.233 e. The van der Waals surface area contributed by atoms with Gasteiger partial charge in [0.15, 0.2) is 5.13 Å². The zero-order valence-electron chi connectivity index (χ0n) is 18.2. The molecule has 6 heteroatoms. The van der Waals surface area contributed by atoms with Gasteiger partial charge in [-0.3, -0.25) is 14.7 Å². The van der Waals surface area contributed by atoms with Gasteiger partial charge in [-0.05, 0) is 72.9 Å². The molecule has 4 aromatic rings. The van der Waals surface area contributed by atoms with Crippen molar-refractivity contribution in [2.45, 2.75) is 33.7 Å². The van der Waals surface area contributed by atoms with Crippen molar-refractivity contribution < 1.29 is 9.53 Å². The molecule has 31 heavy (non-hydrogen) atoms. The molecule has 0 fully saturated rings. The van der Waals surface area contributed by atoms with Gasteiger partial charge in [-0.25, -0.2) is 4.98 Å². The lowest BCUT2D eigenvalue weighted by Gasteiger charge is -2.20. The second-order valence-electron chi connectivity index (χ2n) is 7.72. The molecule has 2 aromatic carbocycles. The molecule has 4 rings (SSSR count). The summed E-state index contributed by atoms with van der Waals surface area (Å²) in [5.41, 5.74) is 6.27. The molecule has 2 heterocycles. The minimum Gasteiger partial charge on any atom is -0.496 e. The summed E-state index contributed by atoms with van der Waals surface area (Å²) in [5, 5.41) is 0.707. The molecular formula is C25H25N3O2S. The van der Waals surface area contributed by atoms with Crippen LogP contribution in [0.2, 0.25) is 0 Å². The Kier molecular flexibility index (Phi) is 6.00. The van der Waals surface area contributed by atoms with Gasteiger partial charge in [0, 0.05) is 12.4 Å². The van der Waals surface area contributed by atoms with E-state index in [0.29, 0.717) is 18.1 Å². The van der Waals surface area contributed by atoms with Gasteiger partial charge in [0.1, 0.15) is 5.75 Å². The first-order valence-corrected chi connectivity index (χ1v) is 11.0. The van der Waals surface area contributed by atoms with E-state index in [0.717, 1.165) is 32.7 Å². The topological polar surface area (TPSA) is 55.3 Å². The normalized spacial score (nSPS) is 11.0. The molecule has 2 aromatic heterocycles. The van der Waals surface area contributed by atoms with Gasteiger partial charge in [-0.1, -0.05) is 29.5 Å². The van der Waals surface area contributed by atoms with Crippen molar-refractivity contribution in [1.82, 2.24) is 9.97 Å². The molecule has 158 valence electrons. The van der Waals surface area contributed by atoms with Crippen LogP contribution in [0.4, 0.5) is 5.13 Å². The third kappa shape index (κ3) is 4.59. The molecule has 0 atom stereocenters. The Morgan fingerprint density at radius 1 is 1.03 bits per heavy atom. The van der Waals surface area contributed by atoms with Crippen LogP contribution in [0.1, 0.15) is 27.8 Å². The molecule has 0 radical (unpaired) electrons. The van der Waals surface area contributed by atoms with Crippen molar-refractivity contribution in [3.63, 3.8) is 0 Å². The fourth-order valence-corrected chi connectivity index (χ4v) is 4.60. The molecule has 0 aliphatic carbocycles. The van der Waals surface area contributed by atoms with Gasteiger partial charge in [-0.2, -0.15) is 0 Å². The van der Waals surface area contributed by atoms with E-state index in [4.69, 9.17) is 9.72 Å². The van der Waals surface area contributed by atoms with E-state index in [1.54, 1.807) is 35.7 Å². The van der Waals surface area contributed by atoms with E-state index in [2.05, 4.69) is 31.0 Å². The molecular weight excluding hydrogens is 406 g/mol. The summed E-state index contributed by atoms with van der Waals surface area (Å²) in [7, 11) is 1.65. The lowest BCUT2D eigenvalue weighted by molar-refractivity contribution is -0.118. The van der Waals surface area contributed by atoms with Crippen molar-refractivity contribution >= 4 is 32.6 Å². The maximum atomic E-state index is 13.4. The lowest BCUT2D eigenvalue weighted by Crippen LogP contribution is -2.31. The Hall–Kier alpha value is -3.25. The van der Waals surface area contributed by atoms with E-state index in [1.165, 1.54) is 11.1 Å². The third-order valence-electron chi connectivity index (χ3n) is 5.40. The number of thiazole rings is 1. The number of aromatic nitrogens is 2. The van der Waals surface area contributed by atoms with E-state index < -0.39 is 0 Å². The molecule has 0 aliphatic heterocycles. The van der Waals surface area contributed by atoms with Gasteiger partial charge in [0.25, 0.3) is 0 Å². The summed E-state index contributed by atoms with van der Waals surface area (Å²) in [4.78, 5) is 24.2. The SMILES string of the molecule is COc1ccc(CC(=O)N(Cc2cccnc2)c2nc3cc(C)c(C)cc3s2)cc1C. The first kappa shape index (κ1) is 21.0. The molecule has 0 aliphatic rings. The Bertz CT molecular complexity index is 1200. The minimum atomic E-state index is 0.000852. The fourth-order valence-electron chi connectivity index (χ4n) is 3.54. The molecule has 1 amide bonds. The van der Waals surface area contributed by atoms with Crippen molar-refractivity contribution in [3.05, 3.63) is 82.7 Å². The highest BCUT2D eigenvalue weighted by molar-refractivity contribution is 7.22. The van der Waals surface area contributed by atoms with Gasteiger partial charge >= 0.3 is 0 Å². The van der Waals surface area contributed by atoms with Crippen LogP contribution in [-0.4, -0.2) is 23.0 Å². The van der Waals surface area contributed by atoms with E-state index >= 15 is 0 Å². The number of hydrogen-bond acceptors (Lipinski definition) is 5. The average molecular weight is 432 g/mol. The number of carbonyl (C=O) groups excluding carboxylic acids is 1. The van der Waals surface area contributed by atoms with E-state index in [-0.39, 0.29) is 5.91 Å². The number of amides is 1. The number of nitrogens with zero attached hydrogens (tertiary/aromatic N) is 3. The number of benzene rings is 2. The first-order chi connectivity index (χ1) is 14.9. The van der Waals surface area contributed by atoms with E-state index in [9.17, 15) is 4.79 Å². The average Bonchev–Trinajstić information content (AvgIpc) is 3.15. The van der Waals surface area contributed by atoms with Gasteiger partial charge < -0.3 is 4.74 Å². The maximum absolute atomic E-state index is 13.4. The number of fused-ring (bicyclic) bond motifs is 1. The second-order valence-corrected chi connectivity index (χ2v) is 8.73. The number of anilines is 1. The van der Waals surface area contributed by atoms with Crippen LogP contribution in [0.5, 0.6) is 5.75 Å². The van der Waals surface area contributed by atoms with Crippen LogP contribution in [0.3, 0.4) is 0 Å². The predicted molar refractivity (Wildman–Crippen MR) is 126 cm³/mol. The minimum absolute atomic E-state index is 0.000852. The predicted octanol–water partition coefficient (Wildman–Crippen LogP) is 5.40. The van der Waals surface area contributed by atoms with Crippen molar-refractivity contribution in [1.29, 1.82) is 0 Å². The summed E-state index contributed by atoms with van der Waals surface area (Å²) < 4.78 is 6.43. The monoisotopic (exact) mass is 431 g/mol.